The number of methoxy groups -OCH3 is 2. The molecule has 0 radical (unpaired) electrons. The average molecular weight is 450 g/mol. The molecule has 8 heteroatoms. The number of carbonyl (C=O) groups is 2. The maximum atomic E-state index is 13.9. The van der Waals surface area contributed by atoms with Crippen molar-refractivity contribution in [2.75, 3.05) is 24.4 Å². The van der Waals surface area contributed by atoms with Crippen molar-refractivity contribution in [3.05, 3.63) is 89.1 Å². The summed E-state index contributed by atoms with van der Waals surface area (Å²) in [6, 6.07) is 14.9. The lowest BCUT2D eigenvalue weighted by Gasteiger charge is -2.16. The van der Waals surface area contributed by atoms with E-state index in [2.05, 4.69) is 5.32 Å². The first-order chi connectivity index (χ1) is 15.8. The molecule has 0 aromatic heterocycles. The lowest BCUT2D eigenvalue weighted by atomic mass is 10.0. The summed E-state index contributed by atoms with van der Waals surface area (Å²) in [4.78, 5) is 27.5. The van der Waals surface area contributed by atoms with E-state index in [9.17, 15) is 18.4 Å². The Morgan fingerprint density at radius 2 is 1.48 bits per heavy atom. The quantitative estimate of drug-likeness (QED) is 0.552. The van der Waals surface area contributed by atoms with E-state index >= 15 is 0 Å². The van der Waals surface area contributed by atoms with Crippen LogP contribution in [0.3, 0.4) is 0 Å². The second kappa shape index (κ2) is 8.74. The molecule has 168 valence electrons. The highest BCUT2D eigenvalue weighted by atomic mass is 19.2. The smallest absolute Gasteiger partial charge is 0.282 e. The van der Waals surface area contributed by atoms with E-state index in [1.54, 1.807) is 30.3 Å². The second-order valence-electron chi connectivity index (χ2n) is 7.35. The molecule has 3 aromatic carbocycles. The molecule has 1 N–H and O–H groups in total. The number of hydrogen-bond acceptors (Lipinski definition) is 5. The molecule has 4 rings (SSSR count). The number of amides is 2. The Hall–Kier alpha value is -4.20. The summed E-state index contributed by atoms with van der Waals surface area (Å²) < 4.78 is 37.9. The fraction of sp³-hybridized carbons (Fsp3) is 0.120. The van der Waals surface area contributed by atoms with Gasteiger partial charge in [-0.15, -0.1) is 0 Å². The number of halogens is 2. The molecule has 0 atom stereocenters. The van der Waals surface area contributed by atoms with Crippen molar-refractivity contribution in [1.82, 2.24) is 0 Å². The molecule has 0 aliphatic carbocycles. The monoisotopic (exact) mass is 450 g/mol. The first-order valence-corrected chi connectivity index (χ1v) is 9.98. The van der Waals surface area contributed by atoms with Crippen LogP contribution in [0, 0.1) is 18.6 Å². The minimum atomic E-state index is -1.16. The highest BCUT2D eigenvalue weighted by Gasteiger charge is 2.40. The van der Waals surface area contributed by atoms with Gasteiger partial charge in [-0.1, -0.05) is 29.8 Å². The Morgan fingerprint density at radius 1 is 0.788 bits per heavy atom. The predicted molar refractivity (Wildman–Crippen MR) is 120 cm³/mol. The molecule has 0 saturated heterocycles. The fourth-order valence-electron chi connectivity index (χ4n) is 3.55. The van der Waals surface area contributed by atoms with E-state index < -0.39 is 23.4 Å². The summed E-state index contributed by atoms with van der Waals surface area (Å²) >= 11 is 0. The number of nitrogens with zero attached hydrogens (tertiary/aromatic N) is 1. The topological polar surface area (TPSA) is 67.9 Å². The molecule has 33 heavy (non-hydrogen) atoms. The molecule has 0 fully saturated rings. The van der Waals surface area contributed by atoms with Crippen molar-refractivity contribution >= 4 is 28.8 Å². The van der Waals surface area contributed by atoms with Gasteiger partial charge in [0.15, 0.2) is 23.1 Å². The van der Waals surface area contributed by atoms with Crippen molar-refractivity contribution in [1.29, 1.82) is 0 Å². The SMILES string of the molecule is COc1ccc(NC2=C(c3ccc(C)cc3)C(=O)N(c3ccc(F)c(F)c3)C2=O)cc1OC. The van der Waals surface area contributed by atoms with Crippen molar-refractivity contribution in [2.24, 2.45) is 0 Å². The predicted octanol–water partition coefficient (Wildman–Crippen LogP) is 4.69. The maximum absolute atomic E-state index is 13.9. The third kappa shape index (κ3) is 4.03. The van der Waals surface area contributed by atoms with Crippen LogP contribution in [0.1, 0.15) is 11.1 Å². The van der Waals surface area contributed by atoms with Crippen molar-refractivity contribution in [3.63, 3.8) is 0 Å². The molecular formula is C25H20F2N2O4. The normalized spacial score (nSPS) is 13.5. The summed E-state index contributed by atoms with van der Waals surface area (Å²) in [6.45, 7) is 1.90. The van der Waals surface area contributed by atoms with Gasteiger partial charge in [0.05, 0.1) is 25.5 Å². The van der Waals surface area contributed by atoms with Crippen LogP contribution < -0.4 is 19.7 Å². The van der Waals surface area contributed by atoms with Crippen LogP contribution in [0.25, 0.3) is 5.57 Å². The number of anilines is 2. The fourth-order valence-corrected chi connectivity index (χ4v) is 3.55. The molecule has 6 nitrogen and oxygen atoms in total. The van der Waals surface area contributed by atoms with Crippen LogP contribution in [0.15, 0.2) is 66.4 Å². The minimum Gasteiger partial charge on any atom is -0.493 e. The van der Waals surface area contributed by atoms with E-state index in [1.807, 2.05) is 19.1 Å². The zero-order chi connectivity index (χ0) is 23.7. The third-order valence-electron chi connectivity index (χ3n) is 5.24. The standard InChI is InChI=1S/C25H20F2N2O4/c1-14-4-6-15(7-5-14)22-23(28-16-8-11-20(32-2)21(12-16)33-3)25(31)29(24(22)30)17-9-10-18(26)19(27)13-17/h4-13,28H,1-3H3. The number of aryl methyl sites for hydroxylation is 1. The van der Waals surface area contributed by atoms with Crippen LogP contribution in [-0.2, 0) is 9.59 Å². The van der Waals surface area contributed by atoms with E-state index in [0.29, 0.717) is 22.7 Å². The summed E-state index contributed by atoms with van der Waals surface area (Å²) in [5.41, 5.74) is 1.99. The highest BCUT2D eigenvalue weighted by Crippen LogP contribution is 2.36. The Labute approximate surface area is 189 Å². The molecular weight excluding hydrogens is 430 g/mol. The van der Waals surface area contributed by atoms with Gasteiger partial charge in [0, 0.05) is 17.8 Å². The summed E-state index contributed by atoms with van der Waals surface area (Å²) in [7, 11) is 2.98. The van der Waals surface area contributed by atoms with E-state index in [1.165, 1.54) is 20.3 Å². The number of imide groups is 1. The first kappa shape index (κ1) is 22.0. The van der Waals surface area contributed by atoms with Crippen LogP contribution in [0.4, 0.5) is 20.2 Å². The van der Waals surface area contributed by atoms with Gasteiger partial charge >= 0.3 is 0 Å². The lowest BCUT2D eigenvalue weighted by molar-refractivity contribution is -0.120. The number of nitrogens with one attached hydrogen (secondary N) is 1. The molecule has 1 heterocycles. The number of benzene rings is 3. The maximum Gasteiger partial charge on any atom is 0.282 e. The van der Waals surface area contributed by atoms with Gasteiger partial charge in [0.2, 0.25) is 0 Å². The molecule has 0 bridgehead atoms. The number of rotatable bonds is 6. The molecule has 0 saturated carbocycles. The van der Waals surface area contributed by atoms with E-state index in [-0.39, 0.29) is 17.0 Å². The number of hydrogen-bond donors (Lipinski definition) is 1. The largest absolute Gasteiger partial charge is 0.493 e. The minimum absolute atomic E-state index is 0.000746. The molecule has 0 spiro atoms. The summed E-state index contributed by atoms with van der Waals surface area (Å²) in [5.74, 6) is -2.67. The Kier molecular flexibility index (Phi) is 5.83. The average Bonchev–Trinajstić information content (AvgIpc) is 3.05. The molecule has 1 aliphatic rings. The summed E-state index contributed by atoms with van der Waals surface area (Å²) in [6.07, 6.45) is 0. The van der Waals surface area contributed by atoms with Gasteiger partial charge in [-0.2, -0.15) is 0 Å². The Balaban J connectivity index is 1.82. The van der Waals surface area contributed by atoms with Crippen LogP contribution in [0.2, 0.25) is 0 Å². The van der Waals surface area contributed by atoms with Gasteiger partial charge in [0.25, 0.3) is 11.8 Å². The number of ether oxygens (including phenoxy) is 2. The molecule has 3 aromatic rings. The third-order valence-corrected chi connectivity index (χ3v) is 5.24. The van der Waals surface area contributed by atoms with Crippen LogP contribution >= 0.6 is 0 Å². The van der Waals surface area contributed by atoms with Crippen LogP contribution in [0.5, 0.6) is 11.5 Å². The van der Waals surface area contributed by atoms with Crippen molar-refractivity contribution in [3.8, 4) is 11.5 Å². The number of carbonyl (C=O) groups excluding carboxylic acids is 2. The van der Waals surface area contributed by atoms with Gasteiger partial charge in [-0.25, -0.2) is 13.7 Å². The van der Waals surface area contributed by atoms with Crippen LogP contribution in [-0.4, -0.2) is 26.0 Å². The molecule has 1 aliphatic heterocycles. The zero-order valence-electron chi connectivity index (χ0n) is 18.1. The summed E-state index contributed by atoms with van der Waals surface area (Å²) in [5, 5.41) is 3.00. The zero-order valence-corrected chi connectivity index (χ0v) is 18.1. The van der Waals surface area contributed by atoms with Gasteiger partial charge in [0.1, 0.15) is 5.70 Å². The molecule has 2 amide bonds. The lowest BCUT2D eigenvalue weighted by Crippen LogP contribution is -2.32. The van der Waals surface area contributed by atoms with Crippen molar-refractivity contribution in [2.45, 2.75) is 6.92 Å². The van der Waals surface area contributed by atoms with E-state index in [0.717, 1.165) is 22.6 Å². The Bertz CT molecular complexity index is 1290. The van der Waals surface area contributed by atoms with Gasteiger partial charge < -0.3 is 14.8 Å². The Morgan fingerprint density at radius 3 is 2.12 bits per heavy atom. The second-order valence-corrected chi connectivity index (χ2v) is 7.35. The van der Waals surface area contributed by atoms with E-state index in [4.69, 9.17) is 9.47 Å². The molecule has 0 unspecified atom stereocenters. The van der Waals surface area contributed by atoms with Crippen molar-refractivity contribution < 1.29 is 27.8 Å². The first-order valence-electron chi connectivity index (χ1n) is 9.98. The highest BCUT2D eigenvalue weighted by molar-refractivity contribution is 6.46. The van der Waals surface area contributed by atoms with Gasteiger partial charge in [-0.3, -0.25) is 9.59 Å². The van der Waals surface area contributed by atoms with Gasteiger partial charge in [-0.05, 0) is 36.8 Å².